The van der Waals surface area contributed by atoms with E-state index < -0.39 is 17.6 Å². The van der Waals surface area contributed by atoms with E-state index in [0.29, 0.717) is 23.6 Å². The number of ether oxygens (including phenoxy) is 1. The van der Waals surface area contributed by atoms with Crippen molar-refractivity contribution in [2.24, 2.45) is 0 Å². The van der Waals surface area contributed by atoms with Gasteiger partial charge in [0.1, 0.15) is 5.75 Å². The van der Waals surface area contributed by atoms with Gasteiger partial charge >= 0.3 is 6.18 Å². The van der Waals surface area contributed by atoms with Crippen LogP contribution in [0.15, 0.2) is 42.5 Å². The normalized spacial score (nSPS) is 14.1. The lowest BCUT2D eigenvalue weighted by atomic mass is 10.1. The Bertz CT molecular complexity index is 944. The molecule has 1 fully saturated rings. The number of nitrogens with zero attached hydrogens (tertiary/aromatic N) is 1. The topological polar surface area (TPSA) is 53.6 Å². The first-order valence-electron chi connectivity index (χ1n) is 10.1. The van der Waals surface area contributed by atoms with Gasteiger partial charge < -0.3 is 15.0 Å². The largest absolute Gasteiger partial charge is 0.494 e. The number of thiocarbonyl (C=S) groups is 1. The number of amides is 1. The fourth-order valence-corrected chi connectivity index (χ4v) is 3.65. The van der Waals surface area contributed by atoms with E-state index in [2.05, 4.69) is 10.6 Å². The second-order valence-electron chi connectivity index (χ2n) is 7.15. The zero-order valence-corrected chi connectivity index (χ0v) is 17.9. The van der Waals surface area contributed by atoms with Crippen molar-refractivity contribution in [3.05, 3.63) is 53.6 Å². The highest BCUT2D eigenvalue weighted by Gasteiger charge is 2.31. The number of rotatable bonds is 5. The number of halogens is 3. The lowest BCUT2D eigenvalue weighted by Gasteiger charge is -2.31. The molecule has 0 unspecified atom stereocenters. The molecule has 5 nitrogen and oxygen atoms in total. The standard InChI is InChI=1S/C22H24F3N3O2S/c1-2-30-17-8-6-7-15(13-17)20(29)27-21(31)26-18-14-16(22(23,24)25)9-10-19(18)28-11-4-3-5-12-28/h6-10,13-14H,2-5,11-12H2,1H3,(H2,26,27,29,31). The highest BCUT2D eigenvalue weighted by atomic mass is 32.1. The Morgan fingerprint density at radius 2 is 1.87 bits per heavy atom. The summed E-state index contributed by atoms with van der Waals surface area (Å²) < 4.78 is 45.2. The van der Waals surface area contributed by atoms with Crippen LogP contribution in [0.5, 0.6) is 5.75 Å². The molecule has 2 aromatic rings. The minimum Gasteiger partial charge on any atom is -0.494 e. The summed E-state index contributed by atoms with van der Waals surface area (Å²) in [6.07, 6.45) is -1.45. The van der Waals surface area contributed by atoms with Crippen molar-refractivity contribution in [1.29, 1.82) is 0 Å². The molecule has 9 heteroatoms. The summed E-state index contributed by atoms with van der Waals surface area (Å²) in [7, 11) is 0. The van der Waals surface area contributed by atoms with E-state index in [4.69, 9.17) is 17.0 Å². The van der Waals surface area contributed by atoms with Crippen molar-refractivity contribution in [3.8, 4) is 5.75 Å². The van der Waals surface area contributed by atoms with Crippen molar-refractivity contribution in [2.75, 3.05) is 29.9 Å². The summed E-state index contributed by atoms with van der Waals surface area (Å²) in [6.45, 7) is 3.80. The molecule has 0 atom stereocenters. The third-order valence-corrected chi connectivity index (χ3v) is 5.11. The Morgan fingerprint density at radius 1 is 1.13 bits per heavy atom. The molecule has 0 aliphatic carbocycles. The van der Waals surface area contributed by atoms with Crippen molar-refractivity contribution < 1.29 is 22.7 Å². The highest BCUT2D eigenvalue weighted by Crippen LogP contribution is 2.36. The summed E-state index contributed by atoms with van der Waals surface area (Å²) in [4.78, 5) is 14.6. The predicted octanol–water partition coefficient (Wildman–Crippen LogP) is 5.22. The fourth-order valence-electron chi connectivity index (χ4n) is 3.45. The van der Waals surface area contributed by atoms with Gasteiger partial charge in [0.25, 0.3) is 5.91 Å². The zero-order valence-electron chi connectivity index (χ0n) is 17.1. The van der Waals surface area contributed by atoms with Gasteiger partial charge in [-0.3, -0.25) is 10.1 Å². The Labute approximate surface area is 184 Å². The molecule has 1 heterocycles. The number of carbonyl (C=O) groups is 1. The van der Waals surface area contributed by atoms with Gasteiger partial charge in [-0.05, 0) is 74.8 Å². The molecule has 0 aromatic heterocycles. The van der Waals surface area contributed by atoms with Gasteiger partial charge in [-0.1, -0.05) is 6.07 Å². The van der Waals surface area contributed by atoms with Crippen molar-refractivity contribution >= 4 is 34.6 Å². The number of alkyl halides is 3. The molecule has 0 spiro atoms. The Kier molecular flexibility index (Phi) is 7.37. The van der Waals surface area contributed by atoms with Gasteiger partial charge in [-0.25, -0.2) is 0 Å². The molecule has 3 rings (SSSR count). The number of piperidine rings is 1. The summed E-state index contributed by atoms with van der Waals surface area (Å²) in [6, 6.07) is 10.1. The molecule has 31 heavy (non-hydrogen) atoms. The van der Waals surface area contributed by atoms with E-state index >= 15 is 0 Å². The van der Waals surface area contributed by atoms with Crippen molar-refractivity contribution in [2.45, 2.75) is 32.4 Å². The van der Waals surface area contributed by atoms with Gasteiger partial charge in [0.2, 0.25) is 0 Å². The molecule has 0 radical (unpaired) electrons. The maximum Gasteiger partial charge on any atom is 0.416 e. The second-order valence-corrected chi connectivity index (χ2v) is 7.55. The monoisotopic (exact) mass is 451 g/mol. The lowest BCUT2D eigenvalue weighted by Crippen LogP contribution is -2.35. The van der Waals surface area contributed by atoms with E-state index in [-0.39, 0.29) is 10.8 Å². The fraction of sp³-hybridized carbons (Fsp3) is 0.364. The summed E-state index contributed by atoms with van der Waals surface area (Å²) in [5.41, 5.74) is 0.387. The molecule has 1 amide bonds. The zero-order chi connectivity index (χ0) is 22.4. The van der Waals surface area contributed by atoms with E-state index in [9.17, 15) is 18.0 Å². The average Bonchev–Trinajstić information content (AvgIpc) is 2.74. The minimum absolute atomic E-state index is 0.0793. The van der Waals surface area contributed by atoms with Crippen LogP contribution in [0, 0.1) is 0 Å². The van der Waals surface area contributed by atoms with Crippen molar-refractivity contribution in [1.82, 2.24) is 5.32 Å². The van der Waals surface area contributed by atoms with Gasteiger partial charge in [0.05, 0.1) is 23.5 Å². The third kappa shape index (κ3) is 6.10. The molecule has 1 aliphatic rings. The lowest BCUT2D eigenvalue weighted by molar-refractivity contribution is -0.137. The Morgan fingerprint density at radius 3 is 2.55 bits per heavy atom. The van der Waals surface area contributed by atoms with Crippen LogP contribution >= 0.6 is 12.2 Å². The quantitative estimate of drug-likeness (QED) is 0.611. The van der Waals surface area contributed by atoms with Crippen LogP contribution in [0.1, 0.15) is 42.1 Å². The number of carbonyl (C=O) groups excluding carboxylic acids is 1. The van der Waals surface area contributed by atoms with Crippen LogP contribution < -0.4 is 20.3 Å². The van der Waals surface area contributed by atoms with Crippen molar-refractivity contribution in [3.63, 3.8) is 0 Å². The first-order valence-corrected chi connectivity index (χ1v) is 10.5. The Balaban J connectivity index is 1.78. The molecule has 2 N–H and O–H groups in total. The molecule has 0 saturated carbocycles. The van der Waals surface area contributed by atoms with E-state index in [1.807, 2.05) is 11.8 Å². The third-order valence-electron chi connectivity index (χ3n) is 4.90. The number of anilines is 2. The van der Waals surface area contributed by atoms with Gasteiger partial charge in [0, 0.05) is 18.7 Å². The number of nitrogens with one attached hydrogen (secondary N) is 2. The SMILES string of the molecule is CCOc1cccc(C(=O)NC(=S)Nc2cc(C(F)(F)F)ccc2N2CCCCC2)c1. The number of hydrogen-bond acceptors (Lipinski definition) is 4. The van der Waals surface area contributed by atoms with E-state index in [1.165, 1.54) is 6.07 Å². The van der Waals surface area contributed by atoms with Gasteiger partial charge in [-0.15, -0.1) is 0 Å². The maximum absolute atomic E-state index is 13.3. The first-order chi connectivity index (χ1) is 14.8. The van der Waals surface area contributed by atoms with Crippen LogP contribution in [-0.2, 0) is 6.18 Å². The summed E-state index contributed by atoms with van der Waals surface area (Å²) in [5, 5.41) is 5.24. The summed E-state index contributed by atoms with van der Waals surface area (Å²) in [5.74, 6) is 0.0600. The molecule has 1 aliphatic heterocycles. The maximum atomic E-state index is 13.3. The predicted molar refractivity (Wildman–Crippen MR) is 119 cm³/mol. The van der Waals surface area contributed by atoms with Crippen LogP contribution in [0.2, 0.25) is 0 Å². The Hall–Kier alpha value is -2.81. The number of hydrogen-bond donors (Lipinski definition) is 2. The summed E-state index contributed by atoms with van der Waals surface area (Å²) >= 11 is 5.22. The van der Waals surface area contributed by atoms with Crippen LogP contribution in [0.25, 0.3) is 0 Å². The van der Waals surface area contributed by atoms with E-state index in [1.54, 1.807) is 24.3 Å². The molecule has 0 bridgehead atoms. The molecule has 2 aromatic carbocycles. The molecular formula is C22H24F3N3O2S. The van der Waals surface area contributed by atoms with Gasteiger partial charge in [0.15, 0.2) is 5.11 Å². The van der Waals surface area contributed by atoms with Crippen LogP contribution in [0.4, 0.5) is 24.5 Å². The number of benzene rings is 2. The minimum atomic E-state index is -4.48. The first kappa shape index (κ1) is 22.9. The second kappa shape index (κ2) is 10.00. The molecule has 166 valence electrons. The molecular weight excluding hydrogens is 427 g/mol. The van der Waals surface area contributed by atoms with Crippen LogP contribution in [-0.4, -0.2) is 30.7 Å². The van der Waals surface area contributed by atoms with Crippen LogP contribution in [0.3, 0.4) is 0 Å². The molecule has 1 saturated heterocycles. The van der Waals surface area contributed by atoms with E-state index in [0.717, 1.165) is 44.5 Å². The van der Waals surface area contributed by atoms with Gasteiger partial charge in [-0.2, -0.15) is 13.2 Å². The average molecular weight is 452 g/mol. The highest BCUT2D eigenvalue weighted by molar-refractivity contribution is 7.80. The smallest absolute Gasteiger partial charge is 0.416 e.